The molecule has 3 aromatic rings. The van der Waals surface area contributed by atoms with Crippen LogP contribution in [0.3, 0.4) is 0 Å². The molecular weight excluding hydrogens is 386 g/mol. The lowest BCUT2D eigenvalue weighted by molar-refractivity contribution is 0.0920. The minimum absolute atomic E-state index is 0.256. The van der Waals surface area contributed by atoms with Gasteiger partial charge in [0.2, 0.25) is 0 Å². The molecule has 0 unspecified atom stereocenters. The van der Waals surface area contributed by atoms with Gasteiger partial charge in [0.15, 0.2) is 5.76 Å². The third-order valence-electron chi connectivity index (χ3n) is 3.58. The first-order chi connectivity index (χ1) is 12.1. The number of para-hydroxylation sites is 1. The van der Waals surface area contributed by atoms with Crippen molar-refractivity contribution in [1.29, 1.82) is 0 Å². The lowest BCUT2D eigenvalue weighted by Gasteiger charge is -2.07. The van der Waals surface area contributed by atoms with Crippen LogP contribution in [0.2, 0.25) is 0 Å². The van der Waals surface area contributed by atoms with Gasteiger partial charge < -0.3 is 14.5 Å². The lowest BCUT2D eigenvalue weighted by Crippen LogP contribution is -2.27. The molecule has 7 heteroatoms. The smallest absolute Gasteiger partial charge is 0.287 e. The van der Waals surface area contributed by atoms with E-state index in [1.807, 2.05) is 37.4 Å². The molecule has 0 aliphatic carbocycles. The van der Waals surface area contributed by atoms with E-state index in [4.69, 9.17) is 9.15 Å². The Morgan fingerprint density at radius 3 is 2.92 bits per heavy atom. The van der Waals surface area contributed by atoms with Crippen LogP contribution >= 0.6 is 15.9 Å². The van der Waals surface area contributed by atoms with Crippen LogP contribution in [-0.4, -0.2) is 22.2 Å². The molecule has 2 heterocycles. The summed E-state index contributed by atoms with van der Waals surface area (Å²) in [5, 5.41) is 6.93. The Morgan fingerprint density at radius 1 is 1.32 bits per heavy atom. The Labute approximate surface area is 153 Å². The maximum absolute atomic E-state index is 12.1. The molecule has 0 spiro atoms. The minimum atomic E-state index is -0.256. The van der Waals surface area contributed by atoms with Crippen LogP contribution in [0.5, 0.6) is 5.75 Å². The summed E-state index contributed by atoms with van der Waals surface area (Å²) in [6, 6.07) is 11.2. The molecule has 0 saturated heterocycles. The first kappa shape index (κ1) is 17.3. The van der Waals surface area contributed by atoms with E-state index in [2.05, 4.69) is 26.3 Å². The zero-order chi connectivity index (χ0) is 17.6. The summed E-state index contributed by atoms with van der Waals surface area (Å²) in [4.78, 5) is 12.1. The molecule has 6 nitrogen and oxygen atoms in total. The van der Waals surface area contributed by atoms with E-state index in [-0.39, 0.29) is 18.3 Å². The van der Waals surface area contributed by atoms with E-state index in [9.17, 15) is 4.79 Å². The topological polar surface area (TPSA) is 69.3 Å². The predicted molar refractivity (Wildman–Crippen MR) is 96.5 cm³/mol. The number of carbonyl (C=O) groups excluding carboxylic acids is 1. The molecule has 0 bridgehead atoms. The van der Waals surface area contributed by atoms with Crippen LogP contribution < -0.4 is 10.1 Å². The highest BCUT2D eigenvalue weighted by Gasteiger charge is 2.11. The fraction of sp³-hybridized carbons (Fsp3) is 0.222. The van der Waals surface area contributed by atoms with E-state index >= 15 is 0 Å². The van der Waals surface area contributed by atoms with Gasteiger partial charge in [0, 0.05) is 12.7 Å². The van der Waals surface area contributed by atoms with E-state index in [0.29, 0.717) is 18.8 Å². The van der Waals surface area contributed by atoms with Crippen molar-refractivity contribution in [3.05, 3.63) is 70.3 Å². The minimum Gasteiger partial charge on any atom is -0.485 e. The predicted octanol–water partition coefficient (Wildman–Crippen LogP) is 3.56. The second-order valence-electron chi connectivity index (χ2n) is 5.50. The average molecular weight is 404 g/mol. The summed E-state index contributed by atoms with van der Waals surface area (Å²) in [5.41, 5.74) is 1.05. The maximum Gasteiger partial charge on any atom is 0.287 e. The molecule has 0 radical (unpaired) electrons. The molecule has 1 aromatic carbocycles. The molecule has 3 rings (SSSR count). The number of aromatic nitrogens is 2. The highest BCUT2D eigenvalue weighted by atomic mass is 79.9. The van der Waals surface area contributed by atoms with Crippen molar-refractivity contribution >= 4 is 21.8 Å². The third-order valence-corrected chi connectivity index (χ3v) is 3.99. The van der Waals surface area contributed by atoms with Gasteiger partial charge in [-0.25, -0.2) is 0 Å². The first-order valence-electron chi connectivity index (χ1n) is 7.85. The second kappa shape index (κ2) is 8.02. The summed E-state index contributed by atoms with van der Waals surface area (Å²) in [5.74, 6) is 1.41. The third kappa shape index (κ3) is 4.73. The number of furan rings is 1. The maximum atomic E-state index is 12.1. The molecule has 130 valence electrons. The number of ether oxygens (including phenoxy) is 1. The van der Waals surface area contributed by atoms with Crippen molar-refractivity contribution in [3.63, 3.8) is 0 Å². The van der Waals surface area contributed by atoms with Crippen LogP contribution in [0.15, 0.2) is 57.7 Å². The van der Waals surface area contributed by atoms with Crippen LogP contribution in [0.25, 0.3) is 0 Å². The molecule has 0 aliphatic rings. The van der Waals surface area contributed by atoms with E-state index < -0.39 is 0 Å². The monoisotopic (exact) mass is 403 g/mol. The van der Waals surface area contributed by atoms with Crippen LogP contribution in [-0.2, 0) is 13.2 Å². The van der Waals surface area contributed by atoms with Crippen molar-refractivity contribution in [3.8, 4) is 5.75 Å². The molecule has 0 aliphatic heterocycles. The van der Waals surface area contributed by atoms with Gasteiger partial charge in [-0.2, -0.15) is 5.10 Å². The van der Waals surface area contributed by atoms with Crippen molar-refractivity contribution in [2.45, 2.75) is 20.1 Å². The van der Waals surface area contributed by atoms with E-state index in [1.165, 1.54) is 0 Å². The molecule has 1 N–H and O–H groups in total. The molecule has 1 amide bonds. The molecule has 2 aromatic heterocycles. The average Bonchev–Trinajstić information content (AvgIpc) is 3.23. The summed E-state index contributed by atoms with van der Waals surface area (Å²) in [6.45, 7) is 3.30. The van der Waals surface area contributed by atoms with Gasteiger partial charge in [0.05, 0.1) is 17.2 Å². The van der Waals surface area contributed by atoms with Crippen LogP contribution in [0.1, 0.15) is 21.9 Å². The quantitative estimate of drug-likeness (QED) is 0.654. The molecular formula is C18H18BrN3O3. The number of halogens is 1. The highest BCUT2D eigenvalue weighted by Crippen LogP contribution is 2.18. The van der Waals surface area contributed by atoms with Gasteiger partial charge in [-0.05, 0) is 46.6 Å². The van der Waals surface area contributed by atoms with Gasteiger partial charge in [-0.3, -0.25) is 9.48 Å². The van der Waals surface area contributed by atoms with Gasteiger partial charge in [-0.15, -0.1) is 0 Å². The summed E-state index contributed by atoms with van der Waals surface area (Å²) in [6.07, 6.45) is 3.55. The number of nitrogens with one attached hydrogen (secondary N) is 1. The Morgan fingerprint density at radius 2 is 2.16 bits per heavy atom. The van der Waals surface area contributed by atoms with Gasteiger partial charge in [0.1, 0.15) is 18.1 Å². The Bertz CT molecular complexity index is 857. The first-order valence-corrected chi connectivity index (χ1v) is 8.64. The van der Waals surface area contributed by atoms with Crippen LogP contribution in [0.4, 0.5) is 0 Å². The number of benzene rings is 1. The fourth-order valence-corrected chi connectivity index (χ4v) is 2.60. The van der Waals surface area contributed by atoms with Crippen molar-refractivity contribution in [1.82, 2.24) is 15.1 Å². The normalized spacial score (nSPS) is 10.6. The lowest BCUT2D eigenvalue weighted by atomic mass is 10.2. The number of hydrogen-bond acceptors (Lipinski definition) is 4. The van der Waals surface area contributed by atoms with E-state index in [1.54, 1.807) is 23.0 Å². The van der Waals surface area contributed by atoms with Crippen molar-refractivity contribution < 1.29 is 13.9 Å². The zero-order valence-electron chi connectivity index (χ0n) is 13.7. The SMILES string of the molecule is Cc1ccccc1OCc1ccc(C(=O)NCCn2cc(Br)cn2)o1. The molecule has 0 atom stereocenters. The zero-order valence-corrected chi connectivity index (χ0v) is 15.3. The number of amides is 1. The highest BCUT2D eigenvalue weighted by molar-refractivity contribution is 9.10. The second-order valence-corrected chi connectivity index (χ2v) is 6.41. The number of nitrogens with zero attached hydrogens (tertiary/aromatic N) is 2. The van der Waals surface area contributed by atoms with Gasteiger partial charge in [0.25, 0.3) is 5.91 Å². The number of aryl methyl sites for hydroxylation is 1. The number of carbonyl (C=O) groups is 1. The molecule has 0 fully saturated rings. The Hall–Kier alpha value is -2.54. The van der Waals surface area contributed by atoms with Crippen molar-refractivity contribution in [2.75, 3.05) is 6.54 Å². The van der Waals surface area contributed by atoms with Gasteiger partial charge in [-0.1, -0.05) is 18.2 Å². The number of hydrogen-bond donors (Lipinski definition) is 1. The number of rotatable bonds is 7. The Balaban J connectivity index is 1.48. The summed E-state index contributed by atoms with van der Waals surface area (Å²) in [7, 11) is 0. The summed E-state index contributed by atoms with van der Waals surface area (Å²) < 4.78 is 13.9. The van der Waals surface area contributed by atoms with E-state index in [0.717, 1.165) is 15.8 Å². The van der Waals surface area contributed by atoms with Crippen molar-refractivity contribution in [2.24, 2.45) is 0 Å². The van der Waals surface area contributed by atoms with Gasteiger partial charge >= 0.3 is 0 Å². The van der Waals surface area contributed by atoms with Crippen LogP contribution in [0, 0.1) is 6.92 Å². The Kier molecular flexibility index (Phi) is 5.55. The molecule has 25 heavy (non-hydrogen) atoms. The molecule has 0 saturated carbocycles. The fourth-order valence-electron chi connectivity index (χ4n) is 2.28. The standard InChI is InChI=1S/C18H18BrN3O3/c1-13-4-2-3-5-16(13)24-12-15-6-7-17(25-15)18(23)20-8-9-22-11-14(19)10-21-22/h2-7,10-11H,8-9,12H2,1H3,(H,20,23). The largest absolute Gasteiger partial charge is 0.485 e. The summed E-state index contributed by atoms with van der Waals surface area (Å²) >= 11 is 3.33.